The normalized spacial score (nSPS) is 23.5. The minimum atomic E-state index is -4.76. The van der Waals surface area contributed by atoms with Crippen molar-refractivity contribution >= 4 is 17.5 Å². The minimum Gasteiger partial charge on any atom is -0.448 e. The number of carbonyl (C=O) groups is 1. The van der Waals surface area contributed by atoms with E-state index in [-0.39, 0.29) is 11.3 Å². The average molecular weight is 421 g/mol. The lowest BCUT2D eigenvalue weighted by Crippen LogP contribution is -2.49. The summed E-state index contributed by atoms with van der Waals surface area (Å²) >= 11 is 0. The molecule has 0 bridgehead atoms. The maximum atomic E-state index is 13.1. The van der Waals surface area contributed by atoms with Gasteiger partial charge in [-0.05, 0) is 6.42 Å². The Hall–Kier alpha value is -3.34. The van der Waals surface area contributed by atoms with E-state index < -0.39 is 29.7 Å². The zero-order valence-electron chi connectivity index (χ0n) is 15.6. The summed E-state index contributed by atoms with van der Waals surface area (Å²) in [5.41, 5.74) is -1.71. The molecule has 3 N–H and O–H groups in total. The molecular formula is C19H18F3N5O3. The van der Waals surface area contributed by atoms with E-state index in [1.807, 2.05) is 0 Å². The fraction of sp³-hybridized carbons (Fsp3) is 0.316. The topological polar surface area (TPSA) is 99.6 Å². The number of ether oxygens (including phenoxy) is 1. The third-order valence-electron chi connectivity index (χ3n) is 4.79. The molecule has 3 heterocycles. The number of nitrogens with one attached hydrogen (secondary N) is 2. The van der Waals surface area contributed by atoms with Crippen LogP contribution in [0.5, 0.6) is 0 Å². The van der Waals surface area contributed by atoms with Crippen LogP contribution in [-0.4, -0.2) is 46.4 Å². The first-order chi connectivity index (χ1) is 14.3. The number of alkyl halides is 3. The van der Waals surface area contributed by atoms with Crippen molar-refractivity contribution in [1.29, 1.82) is 0 Å². The SMILES string of the molecule is O=C(Nc1cnc(N2CCC(O)C2)nc1)C1(c2ccccc2)NC=C(C(F)(F)F)O1. The lowest BCUT2D eigenvalue weighted by molar-refractivity contribution is -0.162. The summed E-state index contributed by atoms with van der Waals surface area (Å²) < 4.78 is 44.5. The minimum absolute atomic E-state index is 0.185. The van der Waals surface area contributed by atoms with Crippen molar-refractivity contribution in [2.45, 2.75) is 24.4 Å². The Morgan fingerprint density at radius 2 is 1.97 bits per heavy atom. The number of allylic oxidation sites excluding steroid dienone is 1. The van der Waals surface area contributed by atoms with Gasteiger partial charge in [-0.25, -0.2) is 9.97 Å². The molecule has 30 heavy (non-hydrogen) atoms. The zero-order chi connectivity index (χ0) is 21.4. The average Bonchev–Trinajstić information content (AvgIpc) is 3.37. The standard InChI is InChI=1S/C19H18F3N5O3/c20-19(21,22)15-10-25-18(30-15,12-4-2-1-3-5-12)16(29)26-13-8-23-17(24-9-13)27-7-6-14(28)11-27/h1-5,8-10,14,25,28H,6-7,11H2,(H,26,29). The van der Waals surface area contributed by atoms with Crippen molar-refractivity contribution in [1.82, 2.24) is 15.3 Å². The number of hydrogen-bond donors (Lipinski definition) is 3. The van der Waals surface area contributed by atoms with E-state index in [4.69, 9.17) is 4.74 Å². The van der Waals surface area contributed by atoms with E-state index in [1.165, 1.54) is 24.5 Å². The van der Waals surface area contributed by atoms with Gasteiger partial charge in [0.25, 0.3) is 11.6 Å². The van der Waals surface area contributed by atoms with E-state index in [2.05, 4.69) is 20.6 Å². The zero-order valence-corrected chi connectivity index (χ0v) is 15.6. The van der Waals surface area contributed by atoms with Gasteiger partial charge in [0.2, 0.25) is 11.7 Å². The van der Waals surface area contributed by atoms with Crippen LogP contribution in [0.4, 0.5) is 24.8 Å². The molecule has 2 atom stereocenters. The molecule has 158 valence electrons. The maximum absolute atomic E-state index is 13.1. The molecule has 1 aromatic heterocycles. The number of nitrogens with zero attached hydrogens (tertiary/aromatic N) is 3. The highest BCUT2D eigenvalue weighted by Gasteiger charge is 2.52. The van der Waals surface area contributed by atoms with E-state index in [9.17, 15) is 23.1 Å². The Morgan fingerprint density at radius 3 is 2.53 bits per heavy atom. The molecule has 0 saturated carbocycles. The van der Waals surface area contributed by atoms with Crippen molar-refractivity contribution in [3.05, 3.63) is 60.2 Å². The summed E-state index contributed by atoms with van der Waals surface area (Å²) in [6.45, 7) is 1.01. The van der Waals surface area contributed by atoms with Gasteiger partial charge in [0.1, 0.15) is 0 Å². The molecule has 1 saturated heterocycles. The Balaban J connectivity index is 1.55. The number of aromatic nitrogens is 2. The second kappa shape index (κ2) is 7.48. The highest BCUT2D eigenvalue weighted by atomic mass is 19.4. The van der Waals surface area contributed by atoms with Gasteiger partial charge in [-0.15, -0.1) is 0 Å². The van der Waals surface area contributed by atoms with E-state index in [1.54, 1.807) is 23.1 Å². The molecular weight excluding hydrogens is 403 g/mol. The Labute approximate surface area is 169 Å². The number of carbonyl (C=O) groups excluding carboxylic acids is 1. The Morgan fingerprint density at radius 1 is 1.27 bits per heavy atom. The number of rotatable bonds is 4. The van der Waals surface area contributed by atoms with Crippen LogP contribution in [0, 0.1) is 0 Å². The Bertz CT molecular complexity index is 952. The summed E-state index contributed by atoms with van der Waals surface area (Å²) in [6, 6.07) is 7.81. The van der Waals surface area contributed by atoms with Crippen LogP contribution in [0.25, 0.3) is 0 Å². The number of aliphatic hydroxyl groups excluding tert-OH is 1. The second-order valence-electron chi connectivity index (χ2n) is 6.91. The monoisotopic (exact) mass is 421 g/mol. The molecule has 4 rings (SSSR count). The molecule has 8 nitrogen and oxygen atoms in total. The first kappa shape index (κ1) is 20.0. The summed E-state index contributed by atoms with van der Waals surface area (Å²) in [4.78, 5) is 23.1. The van der Waals surface area contributed by atoms with Crippen LogP contribution in [-0.2, 0) is 15.3 Å². The highest BCUT2D eigenvalue weighted by molar-refractivity contribution is 5.98. The molecule has 2 aliphatic rings. The van der Waals surface area contributed by atoms with Crippen molar-refractivity contribution < 1.29 is 27.8 Å². The quantitative estimate of drug-likeness (QED) is 0.693. The van der Waals surface area contributed by atoms with Crippen molar-refractivity contribution in [2.75, 3.05) is 23.3 Å². The third-order valence-corrected chi connectivity index (χ3v) is 4.79. The first-order valence-electron chi connectivity index (χ1n) is 9.14. The smallest absolute Gasteiger partial charge is 0.448 e. The molecule has 2 unspecified atom stereocenters. The molecule has 0 aliphatic carbocycles. The van der Waals surface area contributed by atoms with Crippen LogP contribution < -0.4 is 15.5 Å². The molecule has 2 aliphatic heterocycles. The van der Waals surface area contributed by atoms with Gasteiger partial charge in [0.05, 0.1) is 24.2 Å². The third kappa shape index (κ3) is 3.75. The number of hydrogen-bond acceptors (Lipinski definition) is 7. The van der Waals surface area contributed by atoms with E-state index >= 15 is 0 Å². The predicted molar refractivity (Wildman–Crippen MR) is 100.0 cm³/mol. The van der Waals surface area contributed by atoms with Gasteiger partial charge in [-0.2, -0.15) is 13.2 Å². The number of benzene rings is 1. The Kier molecular flexibility index (Phi) is 4.98. The van der Waals surface area contributed by atoms with Crippen LogP contribution in [0.2, 0.25) is 0 Å². The maximum Gasteiger partial charge on any atom is 0.450 e. The molecule has 1 fully saturated rings. The van der Waals surface area contributed by atoms with Crippen LogP contribution >= 0.6 is 0 Å². The van der Waals surface area contributed by atoms with Crippen LogP contribution in [0.1, 0.15) is 12.0 Å². The summed E-state index contributed by atoms with van der Waals surface area (Å²) in [5.74, 6) is -1.78. The number of β-amino-alcohol motifs (C(OH)–C–C–N with tert-alkyl or cyclic N) is 1. The summed E-state index contributed by atoms with van der Waals surface area (Å²) in [7, 11) is 0. The lowest BCUT2D eigenvalue weighted by Gasteiger charge is -2.29. The largest absolute Gasteiger partial charge is 0.450 e. The van der Waals surface area contributed by atoms with Gasteiger partial charge < -0.3 is 25.4 Å². The first-order valence-corrected chi connectivity index (χ1v) is 9.14. The van der Waals surface area contributed by atoms with Gasteiger partial charge in [0.15, 0.2) is 0 Å². The van der Waals surface area contributed by atoms with Crippen molar-refractivity contribution in [3.8, 4) is 0 Å². The van der Waals surface area contributed by atoms with E-state index in [0.29, 0.717) is 31.7 Å². The predicted octanol–water partition coefficient (Wildman–Crippen LogP) is 1.86. The second-order valence-corrected chi connectivity index (χ2v) is 6.91. The van der Waals surface area contributed by atoms with E-state index in [0.717, 1.165) is 0 Å². The molecule has 0 radical (unpaired) electrons. The van der Waals surface area contributed by atoms with Crippen molar-refractivity contribution in [3.63, 3.8) is 0 Å². The molecule has 0 spiro atoms. The van der Waals surface area contributed by atoms with Gasteiger partial charge in [-0.1, -0.05) is 30.3 Å². The number of anilines is 2. The van der Waals surface area contributed by atoms with Crippen LogP contribution in [0.3, 0.4) is 0 Å². The fourth-order valence-electron chi connectivity index (χ4n) is 3.28. The summed E-state index contributed by atoms with van der Waals surface area (Å²) in [5, 5.41) is 14.5. The van der Waals surface area contributed by atoms with Gasteiger partial charge in [-0.3, -0.25) is 4.79 Å². The lowest BCUT2D eigenvalue weighted by atomic mass is 10.0. The van der Waals surface area contributed by atoms with Crippen molar-refractivity contribution in [2.24, 2.45) is 0 Å². The van der Waals surface area contributed by atoms with Crippen LogP contribution in [0.15, 0.2) is 54.7 Å². The number of aliphatic hydroxyl groups is 1. The highest BCUT2D eigenvalue weighted by Crippen LogP contribution is 2.38. The van der Waals surface area contributed by atoms with Gasteiger partial charge >= 0.3 is 6.18 Å². The fourth-order valence-corrected chi connectivity index (χ4v) is 3.28. The number of amides is 1. The number of halogens is 3. The molecule has 11 heteroatoms. The molecule has 2 aromatic rings. The summed E-state index contributed by atoms with van der Waals surface area (Å²) in [6.07, 6.45) is -1.27. The molecule has 1 amide bonds. The van der Waals surface area contributed by atoms with Gasteiger partial charge in [0, 0.05) is 24.9 Å². The molecule has 1 aromatic carbocycles.